The van der Waals surface area contributed by atoms with Gasteiger partial charge in [0.15, 0.2) is 11.5 Å². The van der Waals surface area contributed by atoms with Gasteiger partial charge in [0.25, 0.3) is 5.69 Å². The summed E-state index contributed by atoms with van der Waals surface area (Å²) in [5, 5.41) is 14.3. The Kier molecular flexibility index (Phi) is 5.08. The molecule has 8 nitrogen and oxygen atoms in total. The van der Waals surface area contributed by atoms with E-state index in [9.17, 15) is 14.9 Å². The first kappa shape index (κ1) is 18.5. The Hall–Kier alpha value is -2.81. The van der Waals surface area contributed by atoms with E-state index in [1.54, 1.807) is 30.3 Å². The van der Waals surface area contributed by atoms with Crippen molar-refractivity contribution >= 4 is 38.9 Å². The maximum Gasteiger partial charge on any atom is 0.293 e. The van der Waals surface area contributed by atoms with E-state index < -0.39 is 0 Å². The van der Waals surface area contributed by atoms with Crippen LogP contribution in [0.5, 0.6) is 11.5 Å². The summed E-state index contributed by atoms with van der Waals surface area (Å²) >= 11 is 3.27. The third kappa shape index (κ3) is 3.75. The van der Waals surface area contributed by atoms with Gasteiger partial charge in [-0.1, -0.05) is 15.9 Å². The number of nitro groups is 1. The number of carbonyl (C=O) groups is 1. The third-order valence-corrected chi connectivity index (χ3v) is 5.47. The van der Waals surface area contributed by atoms with Crippen molar-refractivity contribution in [3.05, 3.63) is 51.0 Å². The monoisotopic (exact) mass is 447 g/mol. The van der Waals surface area contributed by atoms with Gasteiger partial charge in [0.1, 0.15) is 5.69 Å². The van der Waals surface area contributed by atoms with Crippen molar-refractivity contribution < 1.29 is 19.2 Å². The molecule has 0 aliphatic carbocycles. The molecule has 0 aromatic heterocycles. The van der Waals surface area contributed by atoms with Gasteiger partial charge in [-0.05, 0) is 37.1 Å². The Labute approximate surface area is 169 Å². The molecule has 146 valence electrons. The van der Waals surface area contributed by atoms with Crippen LogP contribution in [0.2, 0.25) is 0 Å². The molecule has 4 rings (SSSR count). The highest BCUT2D eigenvalue weighted by Crippen LogP contribution is 2.36. The van der Waals surface area contributed by atoms with Crippen LogP contribution >= 0.6 is 15.9 Å². The minimum Gasteiger partial charge on any atom is -0.454 e. The topological polar surface area (TPSA) is 93.9 Å². The Balaban J connectivity index is 1.39. The maximum atomic E-state index is 12.6. The average Bonchev–Trinajstić information content (AvgIpc) is 3.16. The smallest absolute Gasteiger partial charge is 0.293 e. The van der Waals surface area contributed by atoms with Crippen molar-refractivity contribution in [3.8, 4) is 11.5 Å². The van der Waals surface area contributed by atoms with Crippen LogP contribution in [0, 0.1) is 16.0 Å². The molecule has 2 aromatic rings. The molecule has 2 heterocycles. The Morgan fingerprint density at radius 3 is 2.64 bits per heavy atom. The van der Waals surface area contributed by atoms with Crippen LogP contribution in [0.15, 0.2) is 40.9 Å². The SMILES string of the molecule is O=C(Nc1ccc2c(c1)OCO2)C1CCN(c2ccc(Br)cc2[N+](=O)[O-])CC1. The Bertz CT molecular complexity index is 928. The highest BCUT2D eigenvalue weighted by Gasteiger charge is 2.28. The van der Waals surface area contributed by atoms with Gasteiger partial charge in [-0.2, -0.15) is 0 Å². The Morgan fingerprint density at radius 2 is 1.89 bits per heavy atom. The number of piperidine rings is 1. The number of nitrogens with zero attached hydrogens (tertiary/aromatic N) is 2. The zero-order valence-corrected chi connectivity index (χ0v) is 16.5. The fourth-order valence-corrected chi connectivity index (χ4v) is 3.86. The molecule has 2 aliphatic heterocycles. The summed E-state index contributed by atoms with van der Waals surface area (Å²) in [7, 11) is 0. The van der Waals surface area contributed by atoms with Crippen molar-refractivity contribution in [2.45, 2.75) is 12.8 Å². The molecule has 1 N–H and O–H groups in total. The van der Waals surface area contributed by atoms with E-state index >= 15 is 0 Å². The van der Waals surface area contributed by atoms with Gasteiger partial charge < -0.3 is 19.7 Å². The molecule has 0 unspecified atom stereocenters. The van der Waals surface area contributed by atoms with Gasteiger partial charge in [0.05, 0.1) is 4.92 Å². The summed E-state index contributed by atoms with van der Waals surface area (Å²) in [4.78, 5) is 25.6. The largest absolute Gasteiger partial charge is 0.454 e. The summed E-state index contributed by atoms with van der Waals surface area (Å²) in [6.07, 6.45) is 1.26. The van der Waals surface area contributed by atoms with E-state index in [1.165, 1.54) is 6.07 Å². The number of nitro benzene ring substituents is 1. The maximum absolute atomic E-state index is 12.6. The number of fused-ring (bicyclic) bond motifs is 1. The molecule has 0 spiro atoms. The first-order valence-electron chi connectivity index (χ1n) is 8.90. The highest BCUT2D eigenvalue weighted by molar-refractivity contribution is 9.10. The van der Waals surface area contributed by atoms with Crippen LogP contribution in [0.3, 0.4) is 0 Å². The second-order valence-electron chi connectivity index (χ2n) is 6.71. The van der Waals surface area contributed by atoms with Crippen LogP contribution in [-0.4, -0.2) is 30.7 Å². The lowest BCUT2D eigenvalue weighted by atomic mass is 9.95. The summed E-state index contributed by atoms with van der Waals surface area (Å²) in [6.45, 7) is 1.36. The summed E-state index contributed by atoms with van der Waals surface area (Å²) in [5.74, 6) is 1.09. The zero-order chi connectivity index (χ0) is 19.7. The minimum absolute atomic E-state index is 0.0520. The summed E-state index contributed by atoms with van der Waals surface area (Å²) in [5.41, 5.74) is 1.32. The molecule has 1 saturated heterocycles. The van der Waals surface area contributed by atoms with Crippen LogP contribution in [0.25, 0.3) is 0 Å². The first-order chi connectivity index (χ1) is 13.5. The van der Waals surface area contributed by atoms with Crippen LogP contribution in [0.1, 0.15) is 12.8 Å². The standard InChI is InChI=1S/C19H18BrN3O5/c20-13-1-3-15(16(9-13)23(25)26)22-7-5-12(6-8-22)19(24)21-14-2-4-17-18(10-14)28-11-27-17/h1-4,9-10,12H,5-8,11H2,(H,21,24). The minimum atomic E-state index is -0.376. The van der Waals surface area contributed by atoms with Crippen LogP contribution in [0.4, 0.5) is 17.1 Å². The number of ether oxygens (including phenoxy) is 2. The van der Waals surface area contributed by atoms with Gasteiger partial charge in [-0.25, -0.2) is 0 Å². The molecule has 2 aliphatic rings. The van der Waals surface area contributed by atoms with E-state index in [2.05, 4.69) is 21.2 Å². The molecule has 1 amide bonds. The van der Waals surface area contributed by atoms with E-state index in [0.29, 0.717) is 53.3 Å². The molecular formula is C19H18BrN3O5. The summed E-state index contributed by atoms with van der Waals surface area (Å²) in [6, 6.07) is 10.4. The second-order valence-corrected chi connectivity index (χ2v) is 7.62. The molecular weight excluding hydrogens is 430 g/mol. The number of halogens is 1. The number of hydrogen-bond donors (Lipinski definition) is 1. The van der Waals surface area contributed by atoms with Gasteiger partial charge in [-0.3, -0.25) is 14.9 Å². The molecule has 0 atom stereocenters. The van der Waals surface area contributed by atoms with Crippen molar-refractivity contribution in [3.63, 3.8) is 0 Å². The molecule has 1 fully saturated rings. The number of carbonyl (C=O) groups excluding carboxylic acids is 1. The van der Waals surface area contributed by atoms with Crippen molar-refractivity contribution in [2.75, 3.05) is 30.1 Å². The molecule has 0 saturated carbocycles. The number of nitrogens with one attached hydrogen (secondary N) is 1. The lowest BCUT2D eigenvalue weighted by Crippen LogP contribution is -2.38. The fraction of sp³-hybridized carbons (Fsp3) is 0.316. The number of anilines is 2. The predicted octanol–water partition coefficient (Wildman–Crippen LogP) is 3.94. The molecule has 2 aromatic carbocycles. The van der Waals surface area contributed by atoms with Crippen molar-refractivity contribution in [2.24, 2.45) is 5.92 Å². The Morgan fingerprint density at radius 1 is 1.14 bits per heavy atom. The first-order valence-corrected chi connectivity index (χ1v) is 9.70. The number of benzene rings is 2. The molecule has 0 radical (unpaired) electrons. The van der Waals surface area contributed by atoms with E-state index in [4.69, 9.17) is 9.47 Å². The number of amides is 1. The molecule has 0 bridgehead atoms. The number of hydrogen-bond acceptors (Lipinski definition) is 6. The van der Waals surface area contributed by atoms with Crippen molar-refractivity contribution in [1.29, 1.82) is 0 Å². The average molecular weight is 448 g/mol. The van der Waals surface area contributed by atoms with Gasteiger partial charge >= 0.3 is 0 Å². The third-order valence-electron chi connectivity index (χ3n) is 4.98. The van der Waals surface area contributed by atoms with Crippen LogP contribution < -0.4 is 19.7 Å². The lowest BCUT2D eigenvalue weighted by molar-refractivity contribution is -0.384. The zero-order valence-electron chi connectivity index (χ0n) is 14.9. The molecule has 28 heavy (non-hydrogen) atoms. The quantitative estimate of drug-likeness (QED) is 0.563. The second kappa shape index (κ2) is 7.67. The van der Waals surface area contributed by atoms with E-state index in [0.717, 1.165) is 0 Å². The van der Waals surface area contributed by atoms with Gasteiger partial charge in [0.2, 0.25) is 12.7 Å². The lowest BCUT2D eigenvalue weighted by Gasteiger charge is -2.32. The van der Waals surface area contributed by atoms with Crippen LogP contribution in [-0.2, 0) is 4.79 Å². The predicted molar refractivity (Wildman–Crippen MR) is 107 cm³/mol. The van der Waals surface area contributed by atoms with E-state index in [1.807, 2.05) is 4.90 Å². The summed E-state index contributed by atoms with van der Waals surface area (Å²) < 4.78 is 11.3. The van der Waals surface area contributed by atoms with E-state index in [-0.39, 0.29) is 29.2 Å². The number of rotatable bonds is 4. The van der Waals surface area contributed by atoms with Gasteiger partial charge in [0, 0.05) is 41.3 Å². The highest BCUT2D eigenvalue weighted by atomic mass is 79.9. The van der Waals surface area contributed by atoms with Gasteiger partial charge in [-0.15, -0.1) is 0 Å². The van der Waals surface area contributed by atoms with Crippen molar-refractivity contribution in [1.82, 2.24) is 0 Å². The normalized spacial score (nSPS) is 16.1. The fourth-order valence-electron chi connectivity index (χ4n) is 3.51. The molecule has 9 heteroatoms.